The lowest BCUT2D eigenvalue weighted by atomic mass is 10.3. The Bertz CT molecular complexity index is 380. The maximum absolute atomic E-state index is 11.4. The highest BCUT2D eigenvalue weighted by atomic mass is 35.5. The molecular formula is C10H10ClNOS. The number of anilines is 1. The first-order valence-electron chi connectivity index (χ1n) is 4.42. The van der Waals surface area contributed by atoms with E-state index in [4.69, 9.17) is 11.6 Å². The van der Waals surface area contributed by atoms with Crippen LogP contribution < -0.4 is 5.32 Å². The van der Waals surface area contributed by atoms with Crippen molar-refractivity contribution in [3.05, 3.63) is 23.2 Å². The minimum atomic E-state index is 0.0388. The van der Waals surface area contributed by atoms with Gasteiger partial charge < -0.3 is 5.32 Å². The lowest BCUT2D eigenvalue weighted by Gasteiger charge is -2.07. The topological polar surface area (TPSA) is 29.1 Å². The fourth-order valence-corrected chi connectivity index (χ4v) is 2.82. The van der Waals surface area contributed by atoms with Crippen molar-refractivity contribution < 1.29 is 4.79 Å². The Labute approximate surface area is 92.0 Å². The maximum atomic E-state index is 11.4. The van der Waals surface area contributed by atoms with Crippen LogP contribution >= 0.6 is 23.4 Å². The molecule has 0 saturated heterocycles. The van der Waals surface area contributed by atoms with E-state index in [0.717, 1.165) is 10.6 Å². The first kappa shape index (κ1) is 9.87. The van der Waals surface area contributed by atoms with Gasteiger partial charge in [-0.05, 0) is 12.1 Å². The Balaban J connectivity index is 2.46. The highest BCUT2D eigenvalue weighted by Gasteiger charge is 2.20. The molecule has 1 aromatic rings. The molecule has 1 heterocycles. The van der Waals surface area contributed by atoms with Gasteiger partial charge in [0.25, 0.3) is 0 Å². The molecule has 2 nitrogen and oxygen atoms in total. The number of para-hydroxylation sites is 1. The summed E-state index contributed by atoms with van der Waals surface area (Å²) in [5.41, 5.74) is 0.758. The zero-order chi connectivity index (χ0) is 10.1. The number of carbonyl (C=O) groups excluding carboxylic acids is 1. The van der Waals surface area contributed by atoms with Crippen LogP contribution in [0.1, 0.15) is 13.3 Å². The van der Waals surface area contributed by atoms with Crippen molar-refractivity contribution in [1.82, 2.24) is 0 Å². The number of hydrogen-bond acceptors (Lipinski definition) is 2. The third-order valence-electron chi connectivity index (χ3n) is 2.04. The number of carbonyl (C=O) groups is 1. The van der Waals surface area contributed by atoms with Crippen molar-refractivity contribution in [1.29, 1.82) is 0 Å². The van der Waals surface area contributed by atoms with Gasteiger partial charge in [0, 0.05) is 16.6 Å². The largest absolute Gasteiger partial charge is 0.324 e. The first-order valence-corrected chi connectivity index (χ1v) is 5.67. The summed E-state index contributed by atoms with van der Waals surface area (Å²) in [6.07, 6.45) is 0.537. The van der Waals surface area contributed by atoms with Gasteiger partial charge in [-0.2, -0.15) is 0 Å². The molecule has 4 heteroatoms. The summed E-state index contributed by atoms with van der Waals surface area (Å²) >= 11 is 7.68. The fraction of sp³-hybridized carbons (Fsp3) is 0.300. The van der Waals surface area contributed by atoms with Crippen LogP contribution in [0.15, 0.2) is 23.1 Å². The lowest BCUT2D eigenvalue weighted by Crippen LogP contribution is -2.13. The average molecular weight is 228 g/mol. The standard InChI is InChI=1S/C10H10ClNOS/c1-6-5-9(13)12-10-7(11)3-2-4-8(10)14-6/h2-4,6H,5H2,1H3,(H,12,13). The summed E-state index contributed by atoms with van der Waals surface area (Å²) < 4.78 is 0. The van der Waals surface area contributed by atoms with E-state index in [9.17, 15) is 4.79 Å². The Morgan fingerprint density at radius 1 is 1.57 bits per heavy atom. The van der Waals surface area contributed by atoms with Crippen molar-refractivity contribution in [2.45, 2.75) is 23.5 Å². The van der Waals surface area contributed by atoms with Gasteiger partial charge >= 0.3 is 0 Å². The number of fused-ring (bicyclic) bond motifs is 1. The predicted octanol–water partition coefficient (Wildman–Crippen LogP) is 3.16. The molecule has 1 atom stereocenters. The minimum Gasteiger partial charge on any atom is -0.324 e. The van der Waals surface area contributed by atoms with E-state index in [1.807, 2.05) is 19.1 Å². The van der Waals surface area contributed by atoms with Gasteiger partial charge in [0.05, 0.1) is 10.7 Å². The Morgan fingerprint density at radius 2 is 2.36 bits per heavy atom. The molecule has 0 saturated carbocycles. The van der Waals surface area contributed by atoms with Crippen LogP contribution in [0.2, 0.25) is 5.02 Å². The van der Waals surface area contributed by atoms with Gasteiger partial charge in [0.1, 0.15) is 0 Å². The van der Waals surface area contributed by atoms with E-state index in [1.54, 1.807) is 17.8 Å². The summed E-state index contributed by atoms with van der Waals surface area (Å²) in [6, 6.07) is 5.67. The second-order valence-corrected chi connectivity index (χ2v) is 5.18. The highest BCUT2D eigenvalue weighted by molar-refractivity contribution is 8.00. The molecular weight excluding hydrogens is 218 g/mol. The molecule has 0 spiro atoms. The van der Waals surface area contributed by atoms with Crippen LogP contribution in [0.4, 0.5) is 5.69 Å². The molecule has 1 amide bonds. The zero-order valence-corrected chi connectivity index (χ0v) is 9.28. The summed E-state index contributed by atoms with van der Waals surface area (Å²) in [6.45, 7) is 2.04. The number of rotatable bonds is 0. The first-order chi connectivity index (χ1) is 6.66. The number of thioether (sulfide) groups is 1. The third kappa shape index (κ3) is 1.88. The Hall–Kier alpha value is -0.670. The maximum Gasteiger partial charge on any atom is 0.225 e. The van der Waals surface area contributed by atoms with Gasteiger partial charge in [0.2, 0.25) is 5.91 Å². The molecule has 1 aliphatic heterocycles. The summed E-state index contributed by atoms with van der Waals surface area (Å²) in [4.78, 5) is 12.5. The van der Waals surface area contributed by atoms with Crippen LogP contribution in [0.25, 0.3) is 0 Å². The summed E-state index contributed by atoms with van der Waals surface area (Å²) in [5.74, 6) is 0.0388. The van der Waals surface area contributed by atoms with Gasteiger partial charge in [0.15, 0.2) is 0 Å². The van der Waals surface area contributed by atoms with Gasteiger partial charge in [-0.3, -0.25) is 4.79 Å². The van der Waals surface area contributed by atoms with Crippen LogP contribution in [0.5, 0.6) is 0 Å². The van der Waals surface area contributed by atoms with Gasteiger partial charge in [-0.25, -0.2) is 0 Å². The van der Waals surface area contributed by atoms with Crippen molar-refractivity contribution in [3.8, 4) is 0 Å². The fourth-order valence-electron chi connectivity index (χ4n) is 1.43. The molecule has 1 N–H and O–H groups in total. The monoisotopic (exact) mass is 227 g/mol. The molecule has 0 radical (unpaired) electrons. The molecule has 74 valence electrons. The molecule has 1 unspecified atom stereocenters. The van der Waals surface area contributed by atoms with E-state index < -0.39 is 0 Å². The molecule has 0 aromatic heterocycles. The number of hydrogen-bond donors (Lipinski definition) is 1. The van der Waals surface area contributed by atoms with Crippen LogP contribution in [-0.2, 0) is 4.79 Å². The second kappa shape index (κ2) is 3.83. The van der Waals surface area contributed by atoms with Crippen LogP contribution in [0, 0.1) is 0 Å². The van der Waals surface area contributed by atoms with E-state index in [-0.39, 0.29) is 5.91 Å². The SMILES string of the molecule is CC1CC(=O)Nc2c(Cl)cccc2S1. The highest BCUT2D eigenvalue weighted by Crippen LogP contribution is 2.38. The molecule has 0 aliphatic carbocycles. The number of halogens is 1. The van der Waals surface area contributed by atoms with Gasteiger partial charge in [-0.1, -0.05) is 24.6 Å². The Kier molecular flexibility index (Phi) is 2.70. The molecule has 0 fully saturated rings. The number of nitrogens with one attached hydrogen (secondary N) is 1. The van der Waals surface area contributed by atoms with Crippen molar-refractivity contribution in [2.75, 3.05) is 5.32 Å². The van der Waals surface area contributed by atoms with E-state index >= 15 is 0 Å². The minimum absolute atomic E-state index is 0.0388. The molecule has 1 aromatic carbocycles. The predicted molar refractivity (Wildman–Crippen MR) is 60.0 cm³/mol. The smallest absolute Gasteiger partial charge is 0.225 e. The average Bonchev–Trinajstić information content (AvgIpc) is 2.23. The van der Waals surface area contributed by atoms with Crippen LogP contribution in [0.3, 0.4) is 0 Å². The van der Waals surface area contributed by atoms with Crippen molar-refractivity contribution in [2.24, 2.45) is 0 Å². The lowest BCUT2D eigenvalue weighted by molar-refractivity contribution is -0.116. The number of benzene rings is 1. The van der Waals surface area contributed by atoms with Crippen molar-refractivity contribution in [3.63, 3.8) is 0 Å². The van der Waals surface area contributed by atoms with Crippen molar-refractivity contribution >= 4 is 35.0 Å². The molecule has 2 rings (SSSR count). The normalized spacial score (nSPS) is 21.0. The van der Waals surface area contributed by atoms with E-state index in [0.29, 0.717) is 16.7 Å². The second-order valence-electron chi connectivity index (χ2n) is 3.29. The summed E-state index contributed by atoms with van der Waals surface area (Å²) in [7, 11) is 0. The van der Waals surface area contributed by atoms with Gasteiger partial charge in [-0.15, -0.1) is 11.8 Å². The number of amides is 1. The Morgan fingerprint density at radius 3 is 3.14 bits per heavy atom. The summed E-state index contributed by atoms with van der Waals surface area (Å²) in [5, 5.41) is 3.74. The van der Waals surface area contributed by atoms with E-state index in [2.05, 4.69) is 5.32 Å². The third-order valence-corrected chi connectivity index (χ3v) is 3.52. The molecule has 14 heavy (non-hydrogen) atoms. The van der Waals surface area contributed by atoms with Crippen LogP contribution in [-0.4, -0.2) is 11.2 Å². The quantitative estimate of drug-likeness (QED) is 0.738. The van der Waals surface area contributed by atoms with E-state index in [1.165, 1.54) is 0 Å². The molecule has 1 aliphatic rings. The molecule has 0 bridgehead atoms. The zero-order valence-electron chi connectivity index (χ0n) is 7.71.